The van der Waals surface area contributed by atoms with Gasteiger partial charge in [0.25, 0.3) is 0 Å². The number of phenols is 2. The van der Waals surface area contributed by atoms with E-state index in [1.165, 1.54) is 6.07 Å². The molecule has 0 spiro atoms. The van der Waals surface area contributed by atoms with Gasteiger partial charge in [-0.25, -0.2) is 0 Å². The highest BCUT2D eigenvalue weighted by atomic mass is 16.5. The number of nitrogens with one attached hydrogen (secondary N) is 1. The molecule has 0 amide bonds. The van der Waals surface area contributed by atoms with Crippen molar-refractivity contribution < 1.29 is 14.9 Å². The van der Waals surface area contributed by atoms with Gasteiger partial charge in [0.05, 0.1) is 6.61 Å². The predicted octanol–water partition coefficient (Wildman–Crippen LogP) is 3.42. The van der Waals surface area contributed by atoms with E-state index in [9.17, 15) is 10.2 Å². The number of hydrogen-bond donors (Lipinski definition) is 3. The second kappa shape index (κ2) is 6.19. The number of anilines is 1. The van der Waals surface area contributed by atoms with E-state index in [1.54, 1.807) is 12.1 Å². The number of para-hydroxylation sites is 1. The van der Waals surface area contributed by atoms with E-state index < -0.39 is 0 Å². The molecule has 2 rings (SSSR count). The van der Waals surface area contributed by atoms with Gasteiger partial charge in [-0.1, -0.05) is 12.1 Å². The van der Waals surface area contributed by atoms with Gasteiger partial charge in [-0.15, -0.1) is 0 Å². The second-order valence-electron chi connectivity index (χ2n) is 4.55. The first-order chi connectivity index (χ1) is 9.61. The summed E-state index contributed by atoms with van der Waals surface area (Å²) < 4.78 is 5.44. The van der Waals surface area contributed by atoms with E-state index in [-0.39, 0.29) is 11.5 Å². The molecule has 0 fully saturated rings. The van der Waals surface area contributed by atoms with Crippen LogP contribution in [0.3, 0.4) is 0 Å². The van der Waals surface area contributed by atoms with Crippen LogP contribution in [-0.4, -0.2) is 16.8 Å². The summed E-state index contributed by atoms with van der Waals surface area (Å²) in [5, 5.41) is 22.4. The first kappa shape index (κ1) is 14.1. The van der Waals surface area contributed by atoms with E-state index in [0.29, 0.717) is 18.7 Å². The van der Waals surface area contributed by atoms with Crippen LogP contribution >= 0.6 is 0 Å². The monoisotopic (exact) mass is 273 g/mol. The molecule has 0 unspecified atom stereocenters. The van der Waals surface area contributed by atoms with Gasteiger partial charge in [0.15, 0.2) is 11.5 Å². The lowest BCUT2D eigenvalue weighted by Gasteiger charge is -2.12. The quantitative estimate of drug-likeness (QED) is 0.730. The molecule has 0 aromatic heterocycles. The van der Waals surface area contributed by atoms with Gasteiger partial charge >= 0.3 is 0 Å². The highest BCUT2D eigenvalue weighted by Gasteiger charge is 2.06. The molecule has 2 aromatic carbocycles. The van der Waals surface area contributed by atoms with Gasteiger partial charge in [0.2, 0.25) is 0 Å². The molecular formula is C16H19NO3. The van der Waals surface area contributed by atoms with Crippen LogP contribution in [0.4, 0.5) is 5.69 Å². The minimum Gasteiger partial charge on any atom is -0.504 e. The van der Waals surface area contributed by atoms with Crippen LogP contribution in [0.5, 0.6) is 17.2 Å². The summed E-state index contributed by atoms with van der Waals surface area (Å²) >= 11 is 0. The Hall–Kier alpha value is -2.36. The number of aryl methyl sites for hydroxylation is 1. The van der Waals surface area contributed by atoms with Gasteiger partial charge in [-0.05, 0) is 43.7 Å². The molecule has 0 atom stereocenters. The van der Waals surface area contributed by atoms with Crippen LogP contribution in [0.2, 0.25) is 0 Å². The lowest BCUT2D eigenvalue weighted by molar-refractivity contribution is 0.340. The van der Waals surface area contributed by atoms with Crippen molar-refractivity contribution in [2.45, 2.75) is 20.4 Å². The molecule has 0 heterocycles. The first-order valence-corrected chi connectivity index (χ1v) is 6.59. The molecule has 0 aliphatic heterocycles. The maximum atomic E-state index is 9.75. The molecule has 4 nitrogen and oxygen atoms in total. The zero-order valence-electron chi connectivity index (χ0n) is 11.7. The summed E-state index contributed by atoms with van der Waals surface area (Å²) in [7, 11) is 0. The average molecular weight is 273 g/mol. The van der Waals surface area contributed by atoms with E-state index in [2.05, 4.69) is 5.32 Å². The molecule has 0 bridgehead atoms. The van der Waals surface area contributed by atoms with Crippen LogP contribution in [-0.2, 0) is 6.54 Å². The lowest BCUT2D eigenvalue weighted by Crippen LogP contribution is -2.02. The summed E-state index contributed by atoms with van der Waals surface area (Å²) in [6.07, 6.45) is 0. The third-order valence-corrected chi connectivity index (χ3v) is 3.08. The predicted molar refractivity (Wildman–Crippen MR) is 79.4 cm³/mol. The van der Waals surface area contributed by atoms with Gasteiger partial charge in [0.1, 0.15) is 5.75 Å². The topological polar surface area (TPSA) is 61.7 Å². The smallest absolute Gasteiger partial charge is 0.162 e. The molecule has 2 aromatic rings. The Morgan fingerprint density at radius 2 is 1.95 bits per heavy atom. The number of benzene rings is 2. The van der Waals surface area contributed by atoms with Crippen LogP contribution in [0.1, 0.15) is 18.1 Å². The molecule has 0 saturated heterocycles. The van der Waals surface area contributed by atoms with E-state index in [4.69, 9.17) is 4.74 Å². The van der Waals surface area contributed by atoms with Crippen LogP contribution in [0, 0.1) is 6.92 Å². The number of hydrogen-bond acceptors (Lipinski definition) is 4. The summed E-state index contributed by atoms with van der Waals surface area (Å²) in [5.74, 6) is 0.659. The molecule has 0 aliphatic carbocycles. The van der Waals surface area contributed by atoms with Gasteiger partial charge in [0, 0.05) is 17.8 Å². The fourth-order valence-corrected chi connectivity index (χ4v) is 2.00. The van der Waals surface area contributed by atoms with Crippen LogP contribution < -0.4 is 10.1 Å². The third kappa shape index (κ3) is 3.15. The summed E-state index contributed by atoms with van der Waals surface area (Å²) in [5.41, 5.74) is 2.69. The normalized spacial score (nSPS) is 10.3. The van der Waals surface area contributed by atoms with Gasteiger partial charge in [-0.2, -0.15) is 0 Å². The number of aromatic hydroxyl groups is 2. The molecule has 3 N–H and O–H groups in total. The lowest BCUT2D eigenvalue weighted by atomic mass is 10.1. The van der Waals surface area contributed by atoms with Crippen molar-refractivity contribution in [2.75, 3.05) is 11.9 Å². The Morgan fingerprint density at radius 3 is 2.65 bits per heavy atom. The Labute approximate surface area is 118 Å². The largest absolute Gasteiger partial charge is 0.504 e. The SMILES string of the molecule is CCOc1ccc(NCc2cccc(O)c2O)c(C)c1. The van der Waals surface area contributed by atoms with E-state index >= 15 is 0 Å². The standard InChI is InChI=1S/C16H19NO3/c1-3-20-13-7-8-14(11(2)9-13)17-10-12-5-4-6-15(18)16(12)19/h4-9,17-19H,3,10H2,1-2H3. The molecular weight excluding hydrogens is 254 g/mol. The van der Waals surface area contributed by atoms with E-state index in [0.717, 1.165) is 17.0 Å². The fraction of sp³-hybridized carbons (Fsp3) is 0.250. The number of rotatable bonds is 5. The van der Waals surface area contributed by atoms with Gasteiger partial charge < -0.3 is 20.3 Å². The number of phenolic OH excluding ortho intramolecular Hbond substituents is 2. The van der Waals surface area contributed by atoms with Crippen molar-refractivity contribution in [1.82, 2.24) is 0 Å². The van der Waals surface area contributed by atoms with Crippen molar-refractivity contribution >= 4 is 5.69 Å². The summed E-state index contributed by atoms with van der Waals surface area (Å²) in [6, 6.07) is 10.7. The van der Waals surface area contributed by atoms with Crippen molar-refractivity contribution in [3.8, 4) is 17.2 Å². The molecule has 0 radical (unpaired) electrons. The Morgan fingerprint density at radius 1 is 1.15 bits per heavy atom. The Kier molecular flexibility index (Phi) is 4.35. The van der Waals surface area contributed by atoms with Crippen molar-refractivity contribution in [2.24, 2.45) is 0 Å². The average Bonchev–Trinajstić information content (AvgIpc) is 2.42. The Balaban J connectivity index is 2.09. The highest BCUT2D eigenvalue weighted by Crippen LogP contribution is 2.29. The number of ether oxygens (including phenoxy) is 1. The summed E-state index contributed by atoms with van der Waals surface area (Å²) in [4.78, 5) is 0. The molecule has 0 saturated carbocycles. The van der Waals surface area contributed by atoms with E-state index in [1.807, 2.05) is 32.0 Å². The van der Waals surface area contributed by atoms with Crippen molar-refractivity contribution in [3.05, 3.63) is 47.5 Å². The maximum absolute atomic E-state index is 9.75. The zero-order chi connectivity index (χ0) is 14.5. The van der Waals surface area contributed by atoms with Crippen molar-refractivity contribution in [1.29, 1.82) is 0 Å². The van der Waals surface area contributed by atoms with Crippen molar-refractivity contribution in [3.63, 3.8) is 0 Å². The molecule has 106 valence electrons. The molecule has 20 heavy (non-hydrogen) atoms. The minimum absolute atomic E-state index is 0.0800. The zero-order valence-corrected chi connectivity index (χ0v) is 11.7. The minimum atomic E-state index is -0.104. The Bertz CT molecular complexity index is 596. The third-order valence-electron chi connectivity index (χ3n) is 3.08. The summed E-state index contributed by atoms with van der Waals surface area (Å²) in [6.45, 7) is 5.03. The second-order valence-corrected chi connectivity index (χ2v) is 4.55. The van der Waals surface area contributed by atoms with Crippen LogP contribution in [0.15, 0.2) is 36.4 Å². The fourth-order valence-electron chi connectivity index (χ4n) is 2.00. The van der Waals surface area contributed by atoms with Gasteiger partial charge in [-0.3, -0.25) is 0 Å². The molecule has 0 aliphatic rings. The molecule has 4 heteroatoms. The van der Waals surface area contributed by atoms with Crippen LogP contribution in [0.25, 0.3) is 0 Å². The first-order valence-electron chi connectivity index (χ1n) is 6.59. The maximum Gasteiger partial charge on any atom is 0.162 e. The highest BCUT2D eigenvalue weighted by molar-refractivity contribution is 5.55.